The SMILES string of the molecule is Cn1ccnc1C(O)(CC(=O)Nc1ccc(OC(F)(F)F)cc1)C(F)(F)F. The Labute approximate surface area is 148 Å². The van der Waals surface area contributed by atoms with Crippen LogP contribution in [0.1, 0.15) is 12.2 Å². The van der Waals surface area contributed by atoms with Crippen molar-refractivity contribution in [1.82, 2.24) is 9.55 Å². The van der Waals surface area contributed by atoms with Crippen LogP contribution in [0.3, 0.4) is 0 Å². The number of carbonyl (C=O) groups excluding carboxylic acids is 1. The highest BCUT2D eigenvalue weighted by Crippen LogP contribution is 2.41. The van der Waals surface area contributed by atoms with E-state index in [-0.39, 0.29) is 5.69 Å². The number of alkyl halides is 6. The molecule has 0 aliphatic heterocycles. The smallest absolute Gasteiger partial charge is 0.406 e. The average Bonchev–Trinajstić information content (AvgIpc) is 2.93. The van der Waals surface area contributed by atoms with Crippen LogP contribution in [0.5, 0.6) is 5.75 Å². The fraction of sp³-hybridized carbons (Fsp3) is 0.333. The number of halogens is 6. The Morgan fingerprint density at radius 3 is 2.22 bits per heavy atom. The molecular formula is C15H13F6N3O3. The van der Waals surface area contributed by atoms with Crippen molar-refractivity contribution in [2.75, 3.05) is 5.32 Å². The van der Waals surface area contributed by atoms with Crippen molar-refractivity contribution in [3.63, 3.8) is 0 Å². The van der Waals surface area contributed by atoms with Crippen molar-refractivity contribution in [1.29, 1.82) is 0 Å². The van der Waals surface area contributed by atoms with Gasteiger partial charge in [0.15, 0.2) is 5.82 Å². The molecule has 0 saturated carbocycles. The third-order valence-electron chi connectivity index (χ3n) is 3.45. The van der Waals surface area contributed by atoms with Crippen molar-refractivity contribution in [3.05, 3.63) is 42.5 Å². The largest absolute Gasteiger partial charge is 0.573 e. The molecule has 1 atom stereocenters. The maximum atomic E-state index is 13.4. The number of imidazole rings is 1. The number of aliphatic hydroxyl groups is 1. The number of rotatable bonds is 5. The fourth-order valence-electron chi connectivity index (χ4n) is 2.25. The Hall–Kier alpha value is -2.76. The lowest BCUT2D eigenvalue weighted by Crippen LogP contribution is -2.46. The molecule has 0 bridgehead atoms. The highest BCUT2D eigenvalue weighted by Gasteiger charge is 2.58. The molecule has 0 aliphatic rings. The van der Waals surface area contributed by atoms with Gasteiger partial charge < -0.3 is 19.7 Å². The predicted octanol–water partition coefficient (Wildman–Crippen LogP) is 3.10. The Balaban J connectivity index is 2.14. The van der Waals surface area contributed by atoms with Gasteiger partial charge in [-0.25, -0.2) is 4.98 Å². The van der Waals surface area contributed by atoms with Crippen LogP contribution in [0.25, 0.3) is 0 Å². The third kappa shape index (κ3) is 4.90. The highest BCUT2D eigenvalue weighted by molar-refractivity contribution is 5.91. The van der Waals surface area contributed by atoms with Crippen LogP contribution in [-0.4, -0.2) is 33.1 Å². The van der Waals surface area contributed by atoms with Crippen LogP contribution < -0.4 is 10.1 Å². The third-order valence-corrected chi connectivity index (χ3v) is 3.45. The van der Waals surface area contributed by atoms with E-state index in [0.717, 1.165) is 35.0 Å². The van der Waals surface area contributed by atoms with Crippen molar-refractivity contribution in [2.45, 2.75) is 24.6 Å². The first-order valence-corrected chi connectivity index (χ1v) is 7.24. The molecule has 2 rings (SSSR count). The summed E-state index contributed by atoms with van der Waals surface area (Å²) in [5.74, 6) is -2.57. The lowest BCUT2D eigenvalue weighted by molar-refractivity contribution is -0.274. The van der Waals surface area contributed by atoms with E-state index in [2.05, 4.69) is 15.0 Å². The van der Waals surface area contributed by atoms with Crippen LogP contribution in [0, 0.1) is 0 Å². The molecular weight excluding hydrogens is 384 g/mol. The number of hydrogen-bond acceptors (Lipinski definition) is 4. The Morgan fingerprint density at radius 2 is 1.78 bits per heavy atom. The van der Waals surface area contributed by atoms with Gasteiger partial charge in [0.2, 0.25) is 11.5 Å². The molecule has 0 radical (unpaired) electrons. The van der Waals surface area contributed by atoms with Crippen molar-refractivity contribution in [3.8, 4) is 5.75 Å². The summed E-state index contributed by atoms with van der Waals surface area (Å²) in [6, 6.07) is 3.76. The molecule has 1 aromatic heterocycles. The maximum absolute atomic E-state index is 13.4. The lowest BCUT2D eigenvalue weighted by atomic mass is 9.97. The molecule has 1 aromatic carbocycles. The zero-order valence-electron chi connectivity index (χ0n) is 13.6. The predicted molar refractivity (Wildman–Crippen MR) is 79.5 cm³/mol. The summed E-state index contributed by atoms with van der Waals surface area (Å²) in [6.45, 7) is 0. The van der Waals surface area contributed by atoms with Crippen molar-refractivity contribution >= 4 is 11.6 Å². The Kier molecular flexibility index (Phi) is 5.40. The van der Waals surface area contributed by atoms with E-state index in [4.69, 9.17) is 0 Å². The second-order valence-electron chi connectivity index (χ2n) is 5.52. The van der Waals surface area contributed by atoms with Crippen LogP contribution in [-0.2, 0) is 17.4 Å². The summed E-state index contributed by atoms with van der Waals surface area (Å²) in [5.41, 5.74) is -3.63. The molecule has 0 aliphatic carbocycles. The maximum Gasteiger partial charge on any atom is 0.573 e. The molecule has 1 unspecified atom stereocenters. The normalized spacial score (nSPS) is 14.5. The number of amides is 1. The van der Waals surface area contributed by atoms with Gasteiger partial charge in [-0.05, 0) is 24.3 Å². The number of nitrogens with one attached hydrogen (secondary N) is 1. The van der Waals surface area contributed by atoms with E-state index in [0.29, 0.717) is 0 Å². The van der Waals surface area contributed by atoms with E-state index in [1.165, 1.54) is 13.2 Å². The number of aromatic nitrogens is 2. The molecule has 0 spiro atoms. The molecule has 0 fully saturated rings. The highest BCUT2D eigenvalue weighted by atomic mass is 19.4. The molecule has 6 nitrogen and oxygen atoms in total. The van der Waals surface area contributed by atoms with Crippen LogP contribution in [0.2, 0.25) is 0 Å². The first-order chi connectivity index (χ1) is 12.3. The first kappa shape index (κ1) is 20.6. The van der Waals surface area contributed by atoms with Crippen molar-refractivity contribution < 1.29 is 41.0 Å². The molecule has 0 saturated heterocycles. The number of ether oxygens (including phenoxy) is 1. The molecule has 2 aromatic rings. The minimum atomic E-state index is -5.20. The van der Waals surface area contributed by atoms with Gasteiger partial charge in [-0.2, -0.15) is 13.2 Å². The van der Waals surface area contributed by atoms with Gasteiger partial charge in [0, 0.05) is 25.1 Å². The van der Waals surface area contributed by atoms with Gasteiger partial charge in [-0.3, -0.25) is 4.79 Å². The van der Waals surface area contributed by atoms with Crippen LogP contribution in [0.15, 0.2) is 36.7 Å². The van der Waals surface area contributed by atoms with Gasteiger partial charge in [-0.15, -0.1) is 13.2 Å². The quantitative estimate of drug-likeness (QED) is 0.761. The Bertz CT molecular complexity index is 800. The monoisotopic (exact) mass is 397 g/mol. The minimum absolute atomic E-state index is 0.0844. The molecule has 1 heterocycles. The van der Waals surface area contributed by atoms with Gasteiger partial charge in [0.25, 0.3) is 0 Å². The van der Waals surface area contributed by atoms with E-state index >= 15 is 0 Å². The average molecular weight is 397 g/mol. The van der Waals surface area contributed by atoms with E-state index in [1.54, 1.807) is 0 Å². The summed E-state index contributed by atoms with van der Waals surface area (Å²) in [4.78, 5) is 15.4. The van der Waals surface area contributed by atoms with Crippen molar-refractivity contribution in [2.24, 2.45) is 7.05 Å². The molecule has 12 heteroatoms. The summed E-state index contributed by atoms with van der Waals surface area (Å²) >= 11 is 0. The van der Waals surface area contributed by atoms with Gasteiger partial charge in [-0.1, -0.05) is 0 Å². The van der Waals surface area contributed by atoms with E-state index in [9.17, 15) is 36.2 Å². The molecule has 27 heavy (non-hydrogen) atoms. The fourth-order valence-corrected chi connectivity index (χ4v) is 2.25. The second kappa shape index (κ2) is 7.10. The standard InChI is InChI=1S/C15H13F6N3O3/c1-24-7-6-22-12(24)13(26,14(16,17)18)8-11(25)23-9-2-4-10(5-3-9)27-15(19,20)21/h2-7,26H,8H2,1H3,(H,23,25). The Morgan fingerprint density at radius 1 is 1.19 bits per heavy atom. The number of hydrogen-bond donors (Lipinski definition) is 2. The van der Waals surface area contributed by atoms with Gasteiger partial charge in [0.1, 0.15) is 5.75 Å². The topological polar surface area (TPSA) is 76.4 Å². The lowest BCUT2D eigenvalue weighted by Gasteiger charge is -2.29. The van der Waals surface area contributed by atoms with Crippen LogP contribution >= 0.6 is 0 Å². The summed E-state index contributed by atoms with van der Waals surface area (Å²) in [5, 5.41) is 12.2. The van der Waals surface area contributed by atoms with E-state index in [1.807, 2.05) is 0 Å². The van der Waals surface area contributed by atoms with Crippen LogP contribution in [0.4, 0.5) is 32.0 Å². The number of benzene rings is 1. The number of anilines is 1. The first-order valence-electron chi connectivity index (χ1n) is 7.24. The molecule has 2 N–H and O–H groups in total. The van der Waals surface area contributed by atoms with Gasteiger partial charge >= 0.3 is 12.5 Å². The summed E-state index contributed by atoms with van der Waals surface area (Å²) in [7, 11) is 1.22. The zero-order chi connectivity index (χ0) is 20.5. The summed E-state index contributed by atoms with van der Waals surface area (Å²) < 4.78 is 80.9. The zero-order valence-corrected chi connectivity index (χ0v) is 13.6. The van der Waals surface area contributed by atoms with Gasteiger partial charge in [0.05, 0.1) is 6.42 Å². The van der Waals surface area contributed by atoms with E-state index < -0.39 is 42.0 Å². The molecule has 148 valence electrons. The minimum Gasteiger partial charge on any atom is -0.406 e. The number of aryl methyl sites for hydroxylation is 1. The summed E-state index contributed by atoms with van der Waals surface area (Å²) in [6.07, 6.45) is -9.31. The second-order valence-corrected chi connectivity index (χ2v) is 5.52. The number of nitrogens with zero attached hydrogens (tertiary/aromatic N) is 2. The number of carbonyl (C=O) groups is 1. The molecule has 1 amide bonds.